The van der Waals surface area contributed by atoms with Gasteiger partial charge >= 0.3 is 0 Å². The molecule has 1 aliphatic heterocycles. The molecule has 1 aliphatic rings. The molecule has 3 nitrogen and oxygen atoms in total. The van der Waals surface area contributed by atoms with Crippen LogP contribution in [0.2, 0.25) is 5.02 Å². The number of hydrogen-bond donors (Lipinski definition) is 1. The summed E-state index contributed by atoms with van der Waals surface area (Å²) in [5.74, 6) is 0.533. The van der Waals surface area contributed by atoms with Crippen molar-refractivity contribution >= 4 is 34.6 Å². The standard InChI is InChI=1S/C14H14ClN3S/c1-9-6-7-19-13(9)12-8-17-14(16)18(12)11-5-3-2-4-10(11)15/h2-7,12H,8H2,1H3,(H2,16,17). The second kappa shape index (κ2) is 4.87. The Bertz CT molecular complexity index is 635. The molecule has 0 radical (unpaired) electrons. The van der Waals surface area contributed by atoms with E-state index in [2.05, 4.69) is 23.4 Å². The summed E-state index contributed by atoms with van der Waals surface area (Å²) in [6.07, 6.45) is 0. The zero-order chi connectivity index (χ0) is 13.4. The van der Waals surface area contributed by atoms with Crippen LogP contribution in [0.3, 0.4) is 0 Å². The number of hydrogen-bond acceptors (Lipinski definition) is 4. The van der Waals surface area contributed by atoms with Crippen LogP contribution in [-0.4, -0.2) is 12.5 Å². The first-order valence-corrected chi connectivity index (χ1v) is 7.32. The number of rotatable bonds is 2. The molecule has 19 heavy (non-hydrogen) atoms. The number of thiophene rings is 1. The molecule has 2 heterocycles. The van der Waals surface area contributed by atoms with Crippen molar-refractivity contribution in [1.29, 1.82) is 0 Å². The van der Waals surface area contributed by atoms with Gasteiger partial charge in [0.1, 0.15) is 0 Å². The molecule has 1 atom stereocenters. The van der Waals surface area contributed by atoms with Crippen LogP contribution in [0.1, 0.15) is 16.5 Å². The minimum absolute atomic E-state index is 0.153. The Hall–Kier alpha value is -1.52. The molecule has 2 N–H and O–H groups in total. The van der Waals surface area contributed by atoms with Crippen LogP contribution in [0.15, 0.2) is 40.7 Å². The Labute approximate surface area is 121 Å². The van der Waals surface area contributed by atoms with Gasteiger partial charge in [-0.15, -0.1) is 11.3 Å². The number of nitrogens with two attached hydrogens (primary N) is 1. The summed E-state index contributed by atoms with van der Waals surface area (Å²) in [7, 11) is 0. The molecule has 0 bridgehead atoms. The molecule has 0 spiro atoms. The normalized spacial score (nSPS) is 18.7. The van der Waals surface area contributed by atoms with Crippen molar-refractivity contribution in [1.82, 2.24) is 0 Å². The summed E-state index contributed by atoms with van der Waals surface area (Å²) >= 11 is 8.03. The highest BCUT2D eigenvalue weighted by molar-refractivity contribution is 7.10. The van der Waals surface area contributed by atoms with Crippen molar-refractivity contribution in [2.24, 2.45) is 10.7 Å². The predicted octanol–water partition coefficient (Wildman–Crippen LogP) is 3.59. The molecule has 0 fully saturated rings. The van der Waals surface area contributed by atoms with Crippen LogP contribution in [0.5, 0.6) is 0 Å². The third kappa shape index (κ3) is 2.11. The molecule has 0 saturated carbocycles. The monoisotopic (exact) mass is 291 g/mol. The average molecular weight is 292 g/mol. The number of anilines is 1. The maximum Gasteiger partial charge on any atom is 0.196 e. The highest BCUT2D eigenvalue weighted by Crippen LogP contribution is 2.38. The number of nitrogens with zero attached hydrogens (tertiary/aromatic N) is 2. The van der Waals surface area contributed by atoms with Crippen LogP contribution in [0, 0.1) is 6.92 Å². The van der Waals surface area contributed by atoms with Crippen molar-refractivity contribution < 1.29 is 0 Å². The van der Waals surface area contributed by atoms with E-state index in [0.717, 1.165) is 5.69 Å². The van der Waals surface area contributed by atoms with E-state index < -0.39 is 0 Å². The topological polar surface area (TPSA) is 41.6 Å². The molecular weight excluding hydrogens is 278 g/mol. The van der Waals surface area contributed by atoms with E-state index in [1.165, 1.54) is 10.4 Å². The third-order valence-corrected chi connectivity index (χ3v) is 4.74. The van der Waals surface area contributed by atoms with E-state index in [0.29, 0.717) is 17.5 Å². The van der Waals surface area contributed by atoms with Gasteiger partial charge in [0.2, 0.25) is 0 Å². The summed E-state index contributed by atoms with van der Waals surface area (Å²) in [6.45, 7) is 2.80. The van der Waals surface area contributed by atoms with Gasteiger partial charge in [-0.25, -0.2) is 0 Å². The van der Waals surface area contributed by atoms with Gasteiger partial charge in [0, 0.05) is 4.88 Å². The lowest BCUT2D eigenvalue weighted by molar-refractivity contribution is 0.779. The lowest BCUT2D eigenvalue weighted by Gasteiger charge is -2.27. The summed E-state index contributed by atoms with van der Waals surface area (Å²) in [6, 6.07) is 10.0. The van der Waals surface area contributed by atoms with Crippen LogP contribution >= 0.6 is 22.9 Å². The summed E-state index contributed by atoms with van der Waals surface area (Å²) in [5, 5.41) is 2.80. The molecule has 5 heteroatoms. The van der Waals surface area contributed by atoms with Crippen LogP contribution in [0.25, 0.3) is 0 Å². The Morgan fingerprint density at radius 2 is 2.16 bits per heavy atom. The smallest absolute Gasteiger partial charge is 0.196 e. The first-order valence-electron chi connectivity index (χ1n) is 6.06. The number of para-hydroxylation sites is 1. The minimum atomic E-state index is 0.153. The molecule has 0 aliphatic carbocycles. The molecule has 1 aromatic carbocycles. The first-order chi connectivity index (χ1) is 9.18. The van der Waals surface area contributed by atoms with Gasteiger partial charge in [0.05, 0.1) is 23.3 Å². The van der Waals surface area contributed by atoms with Gasteiger partial charge in [-0.1, -0.05) is 23.7 Å². The number of guanidine groups is 1. The Morgan fingerprint density at radius 3 is 2.84 bits per heavy atom. The fourth-order valence-corrected chi connectivity index (χ4v) is 3.60. The average Bonchev–Trinajstić information content (AvgIpc) is 2.96. The van der Waals surface area contributed by atoms with Gasteiger partial charge < -0.3 is 10.6 Å². The fraction of sp³-hybridized carbons (Fsp3) is 0.214. The van der Waals surface area contributed by atoms with E-state index in [4.69, 9.17) is 17.3 Å². The predicted molar refractivity (Wildman–Crippen MR) is 82.2 cm³/mol. The Morgan fingerprint density at radius 1 is 1.37 bits per heavy atom. The van der Waals surface area contributed by atoms with E-state index in [1.54, 1.807) is 11.3 Å². The lowest BCUT2D eigenvalue weighted by atomic mass is 10.1. The molecular formula is C14H14ClN3S. The van der Waals surface area contributed by atoms with Gasteiger partial charge in [-0.05, 0) is 36.1 Å². The quantitative estimate of drug-likeness (QED) is 0.919. The number of aliphatic imine (C=N–C) groups is 1. The van der Waals surface area contributed by atoms with Crippen molar-refractivity contribution in [2.75, 3.05) is 11.4 Å². The number of halogens is 1. The van der Waals surface area contributed by atoms with Crippen LogP contribution in [0.4, 0.5) is 5.69 Å². The van der Waals surface area contributed by atoms with Crippen LogP contribution < -0.4 is 10.6 Å². The lowest BCUT2D eigenvalue weighted by Crippen LogP contribution is -2.36. The van der Waals surface area contributed by atoms with E-state index in [1.807, 2.05) is 29.2 Å². The molecule has 98 valence electrons. The first kappa shape index (κ1) is 12.5. The maximum atomic E-state index is 6.29. The molecule has 0 saturated heterocycles. The highest BCUT2D eigenvalue weighted by atomic mass is 35.5. The van der Waals surface area contributed by atoms with Gasteiger partial charge in [0.15, 0.2) is 5.96 Å². The zero-order valence-electron chi connectivity index (χ0n) is 10.5. The maximum absolute atomic E-state index is 6.29. The SMILES string of the molecule is Cc1ccsc1C1CN=C(N)N1c1ccccc1Cl. The van der Waals surface area contributed by atoms with Gasteiger partial charge in [-0.3, -0.25) is 4.99 Å². The van der Waals surface area contributed by atoms with Gasteiger partial charge in [-0.2, -0.15) is 0 Å². The summed E-state index contributed by atoms with van der Waals surface area (Å²) in [4.78, 5) is 7.71. The summed E-state index contributed by atoms with van der Waals surface area (Å²) < 4.78 is 0. The third-order valence-electron chi connectivity index (χ3n) is 3.30. The Kier molecular flexibility index (Phi) is 3.21. The number of aryl methyl sites for hydroxylation is 1. The molecule has 3 rings (SSSR count). The second-order valence-electron chi connectivity index (χ2n) is 4.50. The molecule has 1 unspecified atom stereocenters. The second-order valence-corrected chi connectivity index (χ2v) is 5.86. The largest absolute Gasteiger partial charge is 0.369 e. The van der Waals surface area contributed by atoms with Crippen molar-refractivity contribution in [3.63, 3.8) is 0 Å². The van der Waals surface area contributed by atoms with Crippen LogP contribution in [-0.2, 0) is 0 Å². The van der Waals surface area contributed by atoms with E-state index >= 15 is 0 Å². The highest BCUT2D eigenvalue weighted by Gasteiger charge is 2.31. The Balaban J connectivity index is 2.05. The molecule has 2 aromatic rings. The molecule has 1 aromatic heterocycles. The summed E-state index contributed by atoms with van der Waals surface area (Å²) in [5.41, 5.74) is 8.24. The van der Waals surface area contributed by atoms with Crippen molar-refractivity contribution in [2.45, 2.75) is 13.0 Å². The molecule has 0 amide bonds. The van der Waals surface area contributed by atoms with E-state index in [-0.39, 0.29) is 6.04 Å². The number of benzene rings is 1. The fourth-order valence-electron chi connectivity index (χ4n) is 2.36. The van der Waals surface area contributed by atoms with Crippen molar-refractivity contribution in [3.05, 3.63) is 51.2 Å². The van der Waals surface area contributed by atoms with Crippen molar-refractivity contribution in [3.8, 4) is 0 Å². The minimum Gasteiger partial charge on any atom is -0.369 e. The van der Waals surface area contributed by atoms with Gasteiger partial charge in [0.25, 0.3) is 0 Å². The zero-order valence-corrected chi connectivity index (χ0v) is 12.1. The van der Waals surface area contributed by atoms with E-state index in [9.17, 15) is 0 Å².